The lowest BCUT2D eigenvalue weighted by molar-refractivity contribution is 0.539. The van der Waals surface area contributed by atoms with Gasteiger partial charge >= 0.3 is 0 Å². The summed E-state index contributed by atoms with van der Waals surface area (Å²) in [4.78, 5) is -0.0438. The molecular weight excluding hydrogens is 307 g/mol. The molecular formula is C12H16Cl2N2O2S. The number of hydrogen-bond acceptors (Lipinski definition) is 3. The summed E-state index contributed by atoms with van der Waals surface area (Å²) in [6, 6.07) is 5.04. The van der Waals surface area contributed by atoms with Gasteiger partial charge < -0.3 is 5.32 Å². The molecule has 4 nitrogen and oxygen atoms in total. The molecule has 1 saturated heterocycles. The van der Waals surface area contributed by atoms with Gasteiger partial charge in [0.25, 0.3) is 0 Å². The topological polar surface area (TPSA) is 58.2 Å². The van der Waals surface area contributed by atoms with Crippen LogP contribution in [0.3, 0.4) is 0 Å². The summed E-state index contributed by atoms with van der Waals surface area (Å²) in [5.41, 5.74) is 0. The highest BCUT2D eigenvalue weighted by Gasteiger charge is 2.22. The molecule has 2 N–H and O–H groups in total. The lowest BCUT2D eigenvalue weighted by atomic mass is 10.2. The third-order valence-electron chi connectivity index (χ3n) is 3.13. The number of benzene rings is 1. The summed E-state index contributed by atoms with van der Waals surface area (Å²) >= 11 is 11.8. The molecule has 1 aromatic rings. The Morgan fingerprint density at radius 2 is 2.00 bits per heavy atom. The predicted octanol–water partition coefficient (Wildman–Crippen LogP) is 2.41. The minimum Gasteiger partial charge on any atom is -0.314 e. The molecule has 1 atom stereocenters. The van der Waals surface area contributed by atoms with Crippen molar-refractivity contribution in [3.05, 3.63) is 28.2 Å². The van der Waals surface area contributed by atoms with Gasteiger partial charge in [-0.15, -0.1) is 0 Å². The number of sulfonamides is 1. The van der Waals surface area contributed by atoms with Crippen molar-refractivity contribution in [1.29, 1.82) is 0 Å². The summed E-state index contributed by atoms with van der Waals surface area (Å²) < 4.78 is 26.8. The van der Waals surface area contributed by atoms with Crippen LogP contribution in [0, 0.1) is 0 Å². The monoisotopic (exact) mass is 322 g/mol. The number of hydrogen-bond donors (Lipinski definition) is 2. The largest absolute Gasteiger partial charge is 0.314 e. The lowest BCUT2D eigenvalue weighted by Gasteiger charge is -2.12. The number of halogens is 2. The van der Waals surface area contributed by atoms with Crippen molar-refractivity contribution in [2.75, 3.05) is 13.1 Å². The predicted molar refractivity (Wildman–Crippen MR) is 77.3 cm³/mol. The Morgan fingerprint density at radius 3 is 2.58 bits per heavy atom. The van der Waals surface area contributed by atoms with Crippen molar-refractivity contribution in [3.8, 4) is 0 Å². The Balaban J connectivity index is 2.01. The van der Waals surface area contributed by atoms with Crippen LogP contribution in [0.4, 0.5) is 0 Å². The van der Waals surface area contributed by atoms with Crippen molar-refractivity contribution < 1.29 is 8.42 Å². The molecule has 0 bridgehead atoms. The van der Waals surface area contributed by atoms with E-state index in [9.17, 15) is 8.42 Å². The standard InChI is InChI=1S/C12H16Cl2N2O2S/c13-10-4-1-5-11(14)12(10)19(17,18)16-8-6-9-3-2-7-15-9/h1,4-5,9,15-16H,2-3,6-8H2/t9-/m0/s1. The van der Waals surface area contributed by atoms with Gasteiger partial charge in [0.05, 0.1) is 10.0 Å². The first-order valence-corrected chi connectivity index (χ1v) is 8.41. The third-order valence-corrected chi connectivity index (χ3v) is 5.55. The minimum atomic E-state index is -3.65. The summed E-state index contributed by atoms with van der Waals surface area (Å²) in [5.74, 6) is 0. The van der Waals surface area contributed by atoms with E-state index < -0.39 is 10.0 Å². The molecule has 2 rings (SSSR count). The van der Waals surface area contributed by atoms with E-state index in [2.05, 4.69) is 10.0 Å². The van der Waals surface area contributed by atoms with Gasteiger partial charge in [0.2, 0.25) is 10.0 Å². The number of nitrogens with one attached hydrogen (secondary N) is 2. The Hall–Kier alpha value is -0.330. The molecule has 7 heteroatoms. The molecule has 1 aliphatic rings. The number of rotatable bonds is 5. The van der Waals surface area contributed by atoms with E-state index >= 15 is 0 Å². The molecule has 0 saturated carbocycles. The summed E-state index contributed by atoms with van der Waals surface area (Å²) in [6.07, 6.45) is 3.00. The molecule has 19 heavy (non-hydrogen) atoms. The van der Waals surface area contributed by atoms with Gasteiger partial charge in [0, 0.05) is 12.6 Å². The fourth-order valence-corrected chi connectivity index (χ4v) is 4.37. The van der Waals surface area contributed by atoms with Crippen molar-refractivity contribution >= 4 is 33.2 Å². The van der Waals surface area contributed by atoms with E-state index in [0.29, 0.717) is 12.6 Å². The van der Waals surface area contributed by atoms with E-state index in [1.54, 1.807) is 6.07 Å². The zero-order chi connectivity index (χ0) is 13.9. The molecule has 1 aliphatic heterocycles. The van der Waals surface area contributed by atoms with E-state index in [1.807, 2.05) is 0 Å². The maximum Gasteiger partial charge on any atom is 0.243 e. The van der Waals surface area contributed by atoms with E-state index in [-0.39, 0.29) is 14.9 Å². The van der Waals surface area contributed by atoms with Crippen LogP contribution in [0.25, 0.3) is 0 Å². The highest BCUT2D eigenvalue weighted by molar-refractivity contribution is 7.89. The van der Waals surface area contributed by atoms with Crippen LogP contribution in [-0.4, -0.2) is 27.5 Å². The van der Waals surface area contributed by atoms with Crippen LogP contribution in [0.2, 0.25) is 10.0 Å². The second-order valence-corrected chi connectivity index (χ2v) is 7.05. The Bertz CT molecular complexity index is 522. The van der Waals surface area contributed by atoms with Gasteiger partial charge in [-0.3, -0.25) is 0 Å². The lowest BCUT2D eigenvalue weighted by Crippen LogP contribution is -2.30. The van der Waals surface area contributed by atoms with E-state index in [4.69, 9.17) is 23.2 Å². The Morgan fingerprint density at radius 1 is 1.32 bits per heavy atom. The zero-order valence-corrected chi connectivity index (χ0v) is 12.7. The van der Waals surface area contributed by atoms with Gasteiger partial charge in [0.15, 0.2) is 0 Å². The molecule has 0 aliphatic carbocycles. The normalized spacial score (nSPS) is 19.8. The quantitative estimate of drug-likeness (QED) is 0.875. The highest BCUT2D eigenvalue weighted by atomic mass is 35.5. The molecule has 0 unspecified atom stereocenters. The second-order valence-electron chi connectivity index (χ2n) is 4.53. The molecule has 1 heterocycles. The minimum absolute atomic E-state index is 0.0438. The first kappa shape index (κ1) is 15.1. The van der Waals surface area contributed by atoms with Crippen LogP contribution < -0.4 is 10.0 Å². The summed E-state index contributed by atoms with van der Waals surface area (Å²) in [5, 5.41) is 3.59. The molecule has 0 radical (unpaired) electrons. The molecule has 1 fully saturated rings. The maximum atomic E-state index is 12.1. The third kappa shape index (κ3) is 3.83. The van der Waals surface area contributed by atoms with Gasteiger partial charge in [-0.05, 0) is 37.9 Å². The molecule has 106 valence electrons. The highest BCUT2D eigenvalue weighted by Crippen LogP contribution is 2.28. The van der Waals surface area contributed by atoms with Crippen molar-refractivity contribution in [2.45, 2.75) is 30.2 Å². The average Bonchev–Trinajstić information content (AvgIpc) is 2.81. The maximum absolute atomic E-state index is 12.1. The fourth-order valence-electron chi connectivity index (χ4n) is 2.18. The van der Waals surface area contributed by atoms with Crippen molar-refractivity contribution in [2.24, 2.45) is 0 Å². The van der Waals surface area contributed by atoms with Crippen LogP contribution in [0.5, 0.6) is 0 Å². The van der Waals surface area contributed by atoms with Crippen LogP contribution in [0.15, 0.2) is 23.1 Å². The van der Waals surface area contributed by atoms with Crippen LogP contribution >= 0.6 is 23.2 Å². The summed E-state index contributed by atoms with van der Waals surface area (Å²) in [6.45, 7) is 1.38. The summed E-state index contributed by atoms with van der Waals surface area (Å²) in [7, 11) is -3.65. The first-order valence-electron chi connectivity index (χ1n) is 6.18. The van der Waals surface area contributed by atoms with Gasteiger partial charge in [-0.25, -0.2) is 13.1 Å². The Labute approximate surface area is 123 Å². The average molecular weight is 323 g/mol. The molecule has 0 spiro atoms. The van der Waals surface area contributed by atoms with Crippen LogP contribution in [-0.2, 0) is 10.0 Å². The van der Waals surface area contributed by atoms with Gasteiger partial charge in [-0.1, -0.05) is 29.3 Å². The Kier molecular flexibility index (Phi) is 5.09. The molecule has 0 amide bonds. The smallest absolute Gasteiger partial charge is 0.243 e. The van der Waals surface area contributed by atoms with Crippen molar-refractivity contribution in [1.82, 2.24) is 10.0 Å². The van der Waals surface area contributed by atoms with Gasteiger partial charge in [0.1, 0.15) is 4.90 Å². The fraction of sp³-hybridized carbons (Fsp3) is 0.500. The molecule has 1 aromatic carbocycles. The zero-order valence-electron chi connectivity index (χ0n) is 10.3. The molecule has 0 aromatic heterocycles. The first-order chi connectivity index (χ1) is 9.00. The van der Waals surface area contributed by atoms with E-state index in [1.165, 1.54) is 12.1 Å². The SMILES string of the molecule is O=S(=O)(NCC[C@@H]1CCCN1)c1c(Cl)cccc1Cl. The van der Waals surface area contributed by atoms with E-state index in [0.717, 1.165) is 25.8 Å². The van der Waals surface area contributed by atoms with Crippen LogP contribution in [0.1, 0.15) is 19.3 Å². The second kappa shape index (κ2) is 6.41. The van der Waals surface area contributed by atoms with Crippen molar-refractivity contribution in [3.63, 3.8) is 0 Å². The van der Waals surface area contributed by atoms with Gasteiger partial charge in [-0.2, -0.15) is 0 Å².